The molecule has 1 aliphatic heterocycles. The second-order valence-electron chi connectivity index (χ2n) is 7.16. The van der Waals surface area contributed by atoms with Gasteiger partial charge in [-0.2, -0.15) is 0 Å². The van der Waals surface area contributed by atoms with Crippen LogP contribution in [0.1, 0.15) is 46.0 Å². The van der Waals surface area contributed by atoms with Gasteiger partial charge in [-0.15, -0.1) is 0 Å². The fourth-order valence-electron chi connectivity index (χ4n) is 3.83. The van der Waals surface area contributed by atoms with E-state index in [1.54, 1.807) is 0 Å². The molecule has 1 N–H and O–H groups in total. The highest BCUT2D eigenvalue weighted by Gasteiger charge is 2.27. The summed E-state index contributed by atoms with van der Waals surface area (Å²) in [6, 6.07) is 0.662. The summed E-state index contributed by atoms with van der Waals surface area (Å²) in [6.45, 7) is 10.8. The molecule has 0 aromatic heterocycles. The van der Waals surface area contributed by atoms with Crippen LogP contribution < -0.4 is 0 Å². The molecular formula is C17H34N2O2. The fraction of sp³-hybridized carbons (Fsp3) is 1.00. The standard InChI is InChI=1S/C17H34N2O2/c1-15(2)12-18-9-11-21-17(13-18)14-19(8-10-20)16-6-4-3-5-7-16/h15-17,20H,3-14H2,1-2H3. The van der Waals surface area contributed by atoms with Gasteiger partial charge < -0.3 is 9.84 Å². The molecule has 2 aliphatic rings. The van der Waals surface area contributed by atoms with Gasteiger partial charge in [-0.25, -0.2) is 0 Å². The van der Waals surface area contributed by atoms with Gasteiger partial charge in [0.05, 0.1) is 19.3 Å². The van der Waals surface area contributed by atoms with Crippen molar-refractivity contribution < 1.29 is 9.84 Å². The van der Waals surface area contributed by atoms with E-state index in [4.69, 9.17) is 4.74 Å². The molecule has 0 bridgehead atoms. The zero-order valence-electron chi connectivity index (χ0n) is 14.0. The van der Waals surface area contributed by atoms with E-state index >= 15 is 0 Å². The van der Waals surface area contributed by atoms with Crippen molar-refractivity contribution in [1.82, 2.24) is 9.80 Å². The Balaban J connectivity index is 1.83. The Morgan fingerprint density at radius 3 is 2.67 bits per heavy atom. The second kappa shape index (κ2) is 9.09. The van der Waals surface area contributed by atoms with Crippen LogP contribution in [-0.4, -0.2) is 73.0 Å². The van der Waals surface area contributed by atoms with Crippen molar-refractivity contribution in [1.29, 1.82) is 0 Å². The zero-order chi connectivity index (χ0) is 15.1. The molecule has 2 rings (SSSR count). The number of hydrogen-bond donors (Lipinski definition) is 1. The van der Waals surface area contributed by atoms with Crippen molar-refractivity contribution in [2.75, 3.05) is 45.9 Å². The van der Waals surface area contributed by atoms with Gasteiger partial charge in [0, 0.05) is 38.8 Å². The second-order valence-corrected chi connectivity index (χ2v) is 7.16. The zero-order valence-corrected chi connectivity index (χ0v) is 14.0. The lowest BCUT2D eigenvalue weighted by Crippen LogP contribution is -2.51. The van der Waals surface area contributed by atoms with E-state index in [-0.39, 0.29) is 6.61 Å². The average molecular weight is 298 g/mol. The third kappa shape index (κ3) is 5.85. The molecular weight excluding hydrogens is 264 g/mol. The van der Waals surface area contributed by atoms with Crippen molar-refractivity contribution in [2.45, 2.75) is 58.1 Å². The topological polar surface area (TPSA) is 35.9 Å². The van der Waals surface area contributed by atoms with Crippen LogP contribution in [-0.2, 0) is 4.74 Å². The summed E-state index contributed by atoms with van der Waals surface area (Å²) in [5.74, 6) is 0.718. The molecule has 21 heavy (non-hydrogen) atoms. The molecule has 0 aromatic carbocycles. The minimum Gasteiger partial charge on any atom is -0.395 e. The van der Waals surface area contributed by atoms with Crippen molar-refractivity contribution in [3.05, 3.63) is 0 Å². The number of hydrogen-bond acceptors (Lipinski definition) is 4. The summed E-state index contributed by atoms with van der Waals surface area (Å²) in [4.78, 5) is 5.03. The van der Waals surface area contributed by atoms with Gasteiger partial charge in [0.2, 0.25) is 0 Å². The van der Waals surface area contributed by atoms with E-state index in [0.29, 0.717) is 12.1 Å². The van der Waals surface area contributed by atoms with Crippen LogP contribution in [0.5, 0.6) is 0 Å². The van der Waals surface area contributed by atoms with E-state index in [1.807, 2.05) is 0 Å². The maximum Gasteiger partial charge on any atom is 0.0829 e. The van der Waals surface area contributed by atoms with E-state index in [9.17, 15) is 5.11 Å². The Hall–Kier alpha value is -0.160. The smallest absolute Gasteiger partial charge is 0.0829 e. The normalized spacial score (nSPS) is 25.9. The van der Waals surface area contributed by atoms with Crippen LogP contribution in [0.2, 0.25) is 0 Å². The first-order valence-electron chi connectivity index (χ1n) is 8.88. The third-order valence-electron chi connectivity index (χ3n) is 4.76. The van der Waals surface area contributed by atoms with Crippen LogP contribution in [0.3, 0.4) is 0 Å². The molecule has 1 saturated carbocycles. The molecule has 0 radical (unpaired) electrons. The average Bonchev–Trinajstić information content (AvgIpc) is 2.47. The molecule has 1 saturated heterocycles. The summed E-state index contributed by atoms with van der Waals surface area (Å²) >= 11 is 0. The molecule has 1 aliphatic carbocycles. The van der Waals surface area contributed by atoms with Gasteiger partial charge in [0.1, 0.15) is 0 Å². The Kier molecular flexibility index (Phi) is 7.44. The number of nitrogens with zero attached hydrogens (tertiary/aromatic N) is 2. The Morgan fingerprint density at radius 2 is 2.00 bits per heavy atom. The monoisotopic (exact) mass is 298 g/mol. The van der Waals surface area contributed by atoms with E-state index in [0.717, 1.165) is 38.7 Å². The summed E-state index contributed by atoms with van der Waals surface area (Å²) < 4.78 is 5.99. The number of aliphatic hydroxyl groups excluding tert-OH is 1. The minimum absolute atomic E-state index is 0.263. The lowest BCUT2D eigenvalue weighted by atomic mass is 9.94. The van der Waals surface area contributed by atoms with Crippen LogP contribution in [0.25, 0.3) is 0 Å². The first-order chi connectivity index (χ1) is 10.2. The highest BCUT2D eigenvalue weighted by atomic mass is 16.5. The third-order valence-corrected chi connectivity index (χ3v) is 4.76. The number of aliphatic hydroxyl groups is 1. The van der Waals surface area contributed by atoms with E-state index in [1.165, 1.54) is 38.6 Å². The van der Waals surface area contributed by atoms with E-state index < -0.39 is 0 Å². The predicted octanol–water partition coefficient (Wildman–Crippen LogP) is 1.97. The fourth-order valence-corrected chi connectivity index (χ4v) is 3.83. The molecule has 1 heterocycles. The van der Waals surface area contributed by atoms with Crippen molar-refractivity contribution in [2.24, 2.45) is 5.92 Å². The van der Waals surface area contributed by atoms with Crippen LogP contribution in [0.15, 0.2) is 0 Å². The molecule has 124 valence electrons. The Morgan fingerprint density at radius 1 is 1.24 bits per heavy atom. The molecule has 0 spiro atoms. The number of rotatable bonds is 7. The lowest BCUT2D eigenvalue weighted by Gasteiger charge is -2.40. The van der Waals surface area contributed by atoms with Gasteiger partial charge in [0.25, 0.3) is 0 Å². The highest BCUT2D eigenvalue weighted by Crippen LogP contribution is 2.23. The van der Waals surface area contributed by atoms with Crippen molar-refractivity contribution in [3.63, 3.8) is 0 Å². The molecule has 1 unspecified atom stereocenters. The quantitative estimate of drug-likeness (QED) is 0.779. The summed E-state index contributed by atoms with van der Waals surface area (Å²) in [7, 11) is 0. The summed E-state index contributed by atoms with van der Waals surface area (Å²) in [6.07, 6.45) is 6.97. The van der Waals surface area contributed by atoms with Gasteiger partial charge in [-0.1, -0.05) is 33.1 Å². The van der Waals surface area contributed by atoms with Crippen molar-refractivity contribution in [3.8, 4) is 0 Å². The van der Waals surface area contributed by atoms with Crippen molar-refractivity contribution >= 4 is 0 Å². The lowest BCUT2D eigenvalue weighted by molar-refractivity contribution is -0.0547. The maximum absolute atomic E-state index is 9.37. The molecule has 4 nitrogen and oxygen atoms in total. The van der Waals surface area contributed by atoms with E-state index in [2.05, 4.69) is 23.6 Å². The predicted molar refractivity (Wildman–Crippen MR) is 86.5 cm³/mol. The summed E-state index contributed by atoms with van der Waals surface area (Å²) in [5, 5.41) is 9.37. The number of ether oxygens (including phenoxy) is 1. The molecule has 0 amide bonds. The first kappa shape index (κ1) is 17.2. The van der Waals surface area contributed by atoms with Gasteiger partial charge in [-0.05, 0) is 18.8 Å². The van der Waals surface area contributed by atoms with Gasteiger partial charge in [0.15, 0.2) is 0 Å². The maximum atomic E-state index is 9.37. The summed E-state index contributed by atoms with van der Waals surface area (Å²) in [5.41, 5.74) is 0. The van der Waals surface area contributed by atoms with Crippen LogP contribution in [0.4, 0.5) is 0 Å². The SMILES string of the molecule is CC(C)CN1CCOC(CN(CCO)C2CCCCC2)C1. The molecule has 1 atom stereocenters. The number of morpholine rings is 1. The minimum atomic E-state index is 0.263. The van der Waals surface area contributed by atoms with Crippen LogP contribution in [0, 0.1) is 5.92 Å². The largest absolute Gasteiger partial charge is 0.395 e. The van der Waals surface area contributed by atoms with Gasteiger partial charge in [-0.3, -0.25) is 9.80 Å². The Bertz CT molecular complexity index is 280. The highest BCUT2D eigenvalue weighted by molar-refractivity contribution is 4.81. The Labute approximate surface area is 130 Å². The molecule has 0 aromatic rings. The molecule has 4 heteroatoms. The van der Waals surface area contributed by atoms with Gasteiger partial charge >= 0.3 is 0 Å². The van der Waals surface area contributed by atoms with Crippen LogP contribution >= 0.6 is 0 Å². The first-order valence-corrected chi connectivity index (χ1v) is 8.88. The molecule has 2 fully saturated rings.